The monoisotopic (exact) mass is 638 g/mol. The van der Waals surface area contributed by atoms with Crippen molar-refractivity contribution >= 4 is 19.4 Å². The van der Waals surface area contributed by atoms with Crippen LogP contribution in [0.3, 0.4) is 0 Å². The Morgan fingerprint density at radius 1 is 0.489 bits per heavy atom. The van der Waals surface area contributed by atoms with E-state index >= 15 is 0 Å². The van der Waals surface area contributed by atoms with Crippen LogP contribution in [0.5, 0.6) is 46.0 Å². The maximum absolute atomic E-state index is 13.3. The summed E-state index contributed by atoms with van der Waals surface area (Å²) >= 11 is 0. The predicted molar refractivity (Wildman–Crippen MR) is 163 cm³/mol. The van der Waals surface area contributed by atoms with Crippen molar-refractivity contribution in [2.75, 3.05) is 42.7 Å². The lowest BCUT2D eigenvalue weighted by atomic mass is 10.0. The Balaban J connectivity index is 1.62. The number of hydrogen-bond donors (Lipinski definition) is 1. The Morgan fingerprint density at radius 3 is 1.02 bits per heavy atom. The van der Waals surface area contributed by atoms with Gasteiger partial charge in [-0.05, 0) is 48.5 Å². The van der Waals surface area contributed by atoms with Crippen molar-refractivity contribution in [2.24, 2.45) is 0 Å². The lowest BCUT2D eigenvalue weighted by molar-refractivity contribution is 0.102. The molecule has 0 heterocycles. The van der Waals surface area contributed by atoms with Gasteiger partial charge in [0.2, 0.25) is 11.6 Å². The molecule has 236 valence electrons. The summed E-state index contributed by atoms with van der Waals surface area (Å²) in [6, 6.07) is 17.9. The molecule has 0 unspecified atom stereocenters. The van der Waals surface area contributed by atoms with Gasteiger partial charge in [0.25, 0.3) is 0 Å². The number of methoxy groups -OCH3 is 6. The fraction of sp³-hybridized carbons (Fsp3) is 0.188. The van der Waals surface area contributed by atoms with Crippen LogP contribution < -0.4 is 37.5 Å². The van der Waals surface area contributed by atoms with Crippen LogP contribution in [0, 0.1) is 0 Å². The molecule has 1 N–H and O–H groups in total. The lowest BCUT2D eigenvalue weighted by Gasteiger charge is -2.19. The number of benzene rings is 4. The second kappa shape index (κ2) is 14.1. The van der Waals surface area contributed by atoms with E-state index in [0.29, 0.717) is 22.6 Å². The van der Waals surface area contributed by atoms with Crippen LogP contribution >= 0.6 is 7.82 Å². The number of carbonyl (C=O) groups excluding carboxylic acids is 2. The smallest absolute Gasteiger partial charge is 0.497 e. The first kappa shape index (κ1) is 32.7. The molecule has 0 radical (unpaired) electrons. The molecule has 0 bridgehead atoms. The number of phosphoric ester groups is 1. The van der Waals surface area contributed by atoms with Crippen LogP contribution in [0.4, 0.5) is 0 Å². The molecular weight excluding hydrogens is 607 g/mol. The van der Waals surface area contributed by atoms with Gasteiger partial charge in [-0.2, -0.15) is 0 Å². The first-order chi connectivity index (χ1) is 21.6. The number of carbonyl (C=O) groups is 2. The van der Waals surface area contributed by atoms with Crippen molar-refractivity contribution in [3.8, 4) is 46.0 Å². The van der Waals surface area contributed by atoms with Crippen LogP contribution in [0.1, 0.15) is 31.8 Å². The number of hydrogen-bond acceptors (Lipinski definition) is 11. The topological polar surface area (TPSA) is 145 Å². The van der Waals surface area contributed by atoms with E-state index in [4.69, 9.17) is 37.5 Å². The molecule has 4 aromatic rings. The average molecular weight is 639 g/mol. The van der Waals surface area contributed by atoms with Crippen LogP contribution in [-0.4, -0.2) is 59.1 Å². The SMILES string of the molecule is COc1ccc(C(=O)c2c(OC)cc(OP(=O)(O)Oc3cc(OC)c(C(=O)c4ccc(OC)cc4)c(OC)c3)cc2OC)cc1. The van der Waals surface area contributed by atoms with Crippen LogP contribution in [0.25, 0.3) is 0 Å². The highest BCUT2D eigenvalue weighted by atomic mass is 31.2. The van der Waals surface area contributed by atoms with Crippen molar-refractivity contribution in [3.05, 3.63) is 95.1 Å². The summed E-state index contributed by atoms with van der Waals surface area (Å²) < 4.78 is 55.7. The normalized spacial score (nSPS) is 10.8. The molecule has 45 heavy (non-hydrogen) atoms. The number of ketones is 2. The van der Waals surface area contributed by atoms with Crippen molar-refractivity contribution in [1.29, 1.82) is 0 Å². The van der Waals surface area contributed by atoms with E-state index in [9.17, 15) is 19.0 Å². The van der Waals surface area contributed by atoms with Crippen molar-refractivity contribution in [3.63, 3.8) is 0 Å². The maximum Gasteiger partial charge on any atom is 0.584 e. The van der Waals surface area contributed by atoms with Gasteiger partial charge in [-0.3, -0.25) is 14.5 Å². The Morgan fingerprint density at radius 2 is 0.778 bits per heavy atom. The zero-order chi connectivity index (χ0) is 32.7. The molecule has 0 spiro atoms. The molecule has 12 nitrogen and oxygen atoms in total. The van der Waals surface area contributed by atoms with Gasteiger partial charge in [-0.25, -0.2) is 4.57 Å². The second-order valence-corrected chi connectivity index (χ2v) is 10.5. The van der Waals surface area contributed by atoms with Gasteiger partial charge in [0.15, 0.2) is 0 Å². The molecule has 4 aromatic carbocycles. The largest absolute Gasteiger partial charge is 0.584 e. The van der Waals surface area contributed by atoms with Gasteiger partial charge in [-0.15, -0.1) is 0 Å². The number of phosphoric acid groups is 1. The number of rotatable bonds is 14. The van der Waals surface area contributed by atoms with E-state index in [0.717, 1.165) is 0 Å². The molecule has 0 aliphatic carbocycles. The van der Waals surface area contributed by atoms with Gasteiger partial charge in [-0.1, -0.05) is 0 Å². The fourth-order valence-electron chi connectivity index (χ4n) is 4.39. The Hall–Kier alpha value is -5.19. The molecule has 0 saturated carbocycles. The van der Waals surface area contributed by atoms with Gasteiger partial charge >= 0.3 is 7.82 Å². The Labute approximate surface area is 259 Å². The minimum absolute atomic E-state index is 0.0231. The van der Waals surface area contributed by atoms with E-state index in [1.54, 1.807) is 48.5 Å². The minimum atomic E-state index is -4.89. The molecule has 0 aliphatic rings. The Bertz CT molecular complexity index is 1560. The molecule has 0 amide bonds. The third kappa shape index (κ3) is 7.31. The highest BCUT2D eigenvalue weighted by molar-refractivity contribution is 7.48. The van der Waals surface area contributed by atoms with Crippen molar-refractivity contribution in [2.45, 2.75) is 0 Å². The first-order valence-electron chi connectivity index (χ1n) is 13.2. The summed E-state index contributed by atoms with van der Waals surface area (Å²) in [4.78, 5) is 37.3. The highest BCUT2D eigenvalue weighted by Gasteiger charge is 2.30. The molecule has 0 fully saturated rings. The first-order valence-corrected chi connectivity index (χ1v) is 14.7. The van der Waals surface area contributed by atoms with Gasteiger partial charge in [0.1, 0.15) is 57.1 Å². The molecule has 4 rings (SSSR count). The Kier molecular flexibility index (Phi) is 10.2. The summed E-state index contributed by atoms with van der Waals surface area (Å²) in [6.07, 6.45) is 0. The van der Waals surface area contributed by atoms with Crippen molar-refractivity contribution < 1.29 is 56.5 Å². The fourth-order valence-corrected chi connectivity index (χ4v) is 5.17. The van der Waals surface area contributed by atoms with E-state index < -0.39 is 19.4 Å². The summed E-state index contributed by atoms with van der Waals surface area (Å²) in [7, 11) is 3.44. The maximum atomic E-state index is 13.3. The van der Waals surface area contributed by atoms with E-state index in [1.807, 2.05) is 0 Å². The lowest BCUT2D eigenvalue weighted by Crippen LogP contribution is -2.09. The van der Waals surface area contributed by atoms with Crippen LogP contribution in [-0.2, 0) is 4.57 Å². The third-order valence-electron chi connectivity index (χ3n) is 6.56. The summed E-state index contributed by atoms with van der Waals surface area (Å²) in [5.41, 5.74) is 0.790. The summed E-state index contributed by atoms with van der Waals surface area (Å²) in [6.45, 7) is 0. The molecule has 0 atom stereocenters. The van der Waals surface area contributed by atoms with Gasteiger partial charge in [0.05, 0.1) is 42.7 Å². The zero-order valence-electron chi connectivity index (χ0n) is 25.3. The third-order valence-corrected chi connectivity index (χ3v) is 7.44. The quantitative estimate of drug-likeness (QED) is 0.132. The van der Waals surface area contributed by atoms with Crippen LogP contribution in [0.2, 0.25) is 0 Å². The van der Waals surface area contributed by atoms with E-state index in [-0.39, 0.29) is 45.6 Å². The van der Waals surface area contributed by atoms with Gasteiger partial charge < -0.3 is 37.5 Å². The molecule has 13 heteroatoms. The average Bonchev–Trinajstić information content (AvgIpc) is 3.06. The van der Waals surface area contributed by atoms with Crippen molar-refractivity contribution in [1.82, 2.24) is 0 Å². The second-order valence-electron chi connectivity index (χ2n) is 9.17. The van der Waals surface area contributed by atoms with E-state index in [2.05, 4.69) is 0 Å². The minimum Gasteiger partial charge on any atom is -0.497 e. The molecule has 0 aliphatic heterocycles. The molecular formula is C32H31O12P. The summed E-state index contributed by atoms with van der Waals surface area (Å²) in [5.74, 6) is 0.00426. The molecule has 0 aromatic heterocycles. The highest BCUT2D eigenvalue weighted by Crippen LogP contribution is 2.49. The standard InChI is InChI=1S/C32H31O12P/c1-37-21-11-7-19(8-12-21)31(33)29-25(39-3)15-23(16-26(29)40-4)43-45(35,36)44-24-17-27(41-5)30(28(18-24)42-6)32(34)20-9-13-22(38-2)14-10-20/h7-18H,1-6H3,(H,35,36). The molecule has 0 saturated heterocycles. The van der Waals surface area contributed by atoms with Crippen LogP contribution in [0.15, 0.2) is 72.8 Å². The van der Waals surface area contributed by atoms with E-state index in [1.165, 1.54) is 66.9 Å². The number of ether oxygens (including phenoxy) is 6. The van der Waals surface area contributed by atoms with Gasteiger partial charge in [0, 0.05) is 35.4 Å². The zero-order valence-corrected chi connectivity index (χ0v) is 26.2. The summed E-state index contributed by atoms with van der Waals surface area (Å²) in [5, 5.41) is 0. The predicted octanol–water partition coefficient (Wildman–Crippen LogP) is 5.76.